The standard InChI is InChI=1S/C13H21N3/c1-3-16-8-6-12(10-16)9-15-13-11(2)5-4-7-14-13/h4-5,7,12H,3,6,8-10H2,1-2H3,(H,14,15). The molecule has 1 aliphatic rings. The molecule has 1 atom stereocenters. The molecule has 1 saturated heterocycles. The van der Waals surface area contributed by atoms with Crippen molar-refractivity contribution in [1.82, 2.24) is 9.88 Å². The highest BCUT2D eigenvalue weighted by Crippen LogP contribution is 2.17. The van der Waals surface area contributed by atoms with Crippen molar-refractivity contribution in [3.8, 4) is 0 Å². The Labute approximate surface area is 97.9 Å². The van der Waals surface area contributed by atoms with Gasteiger partial charge < -0.3 is 10.2 Å². The lowest BCUT2D eigenvalue weighted by Gasteiger charge is -2.14. The topological polar surface area (TPSA) is 28.2 Å². The lowest BCUT2D eigenvalue weighted by Crippen LogP contribution is -2.22. The van der Waals surface area contributed by atoms with Crippen LogP contribution in [0.2, 0.25) is 0 Å². The highest BCUT2D eigenvalue weighted by Gasteiger charge is 2.20. The van der Waals surface area contributed by atoms with Gasteiger partial charge in [0.2, 0.25) is 0 Å². The molecule has 1 aromatic rings. The Morgan fingerprint density at radius 2 is 2.44 bits per heavy atom. The van der Waals surface area contributed by atoms with Crippen LogP contribution in [0.1, 0.15) is 18.9 Å². The van der Waals surface area contributed by atoms with Crippen molar-refractivity contribution in [1.29, 1.82) is 0 Å². The predicted octanol–water partition coefficient (Wildman–Crippen LogP) is 2.14. The van der Waals surface area contributed by atoms with Crippen LogP contribution in [-0.4, -0.2) is 36.1 Å². The van der Waals surface area contributed by atoms with Gasteiger partial charge in [-0.25, -0.2) is 4.98 Å². The van der Waals surface area contributed by atoms with Crippen molar-refractivity contribution < 1.29 is 0 Å². The molecule has 3 heteroatoms. The summed E-state index contributed by atoms with van der Waals surface area (Å²) in [4.78, 5) is 6.87. The van der Waals surface area contributed by atoms with Gasteiger partial charge in [0.05, 0.1) is 0 Å². The molecule has 0 aromatic carbocycles. The normalized spacial score (nSPS) is 21.2. The molecule has 1 aliphatic heterocycles. The van der Waals surface area contributed by atoms with Gasteiger partial charge in [-0.3, -0.25) is 0 Å². The number of hydrogen-bond acceptors (Lipinski definition) is 3. The summed E-state index contributed by atoms with van der Waals surface area (Å²) in [5.74, 6) is 1.82. The Hall–Kier alpha value is -1.09. The van der Waals surface area contributed by atoms with E-state index in [1.165, 1.54) is 31.6 Å². The first-order valence-electron chi connectivity index (χ1n) is 6.17. The predicted molar refractivity (Wildman–Crippen MR) is 67.7 cm³/mol. The van der Waals surface area contributed by atoms with E-state index in [0.717, 1.165) is 18.3 Å². The van der Waals surface area contributed by atoms with E-state index >= 15 is 0 Å². The molecular formula is C13H21N3. The summed E-state index contributed by atoms with van der Waals surface area (Å²) in [7, 11) is 0. The van der Waals surface area contributed by atoms with Gasteiger partial charge in [0, 0.05) is 19.3 Å². The summed E-state index contributed by atoms with van der Waals surface area (Å²) in [6.07, 6.45) is 3.16. The van der Waals surface area contributed by atoms with Crippen LogP contribution in [-0.2, 0) is 0 Å². The number of nitrogens with one attached hydrogen (secondary N) is 1. The minimum absolute atomic E-state index is 0.779. The van der Waals surface area contributed by atoms with Crippen LogP contribution in [0.3, 0.4) is 0 Å². The number of likely N-dealkylation sites (tertiary alicyclic amines) is 1. The second kappa shape index (κ2) is 5.30. The number of hydrogen-bond donors (Lipinski definition) is 1. The molecule has 0 spiro atoms. The molecule has 0 aliphatic carbocycles. The number of anilines is 1. The Balaban J connectivity index is 1.82. The van der Waals surface area contributed by atoms with E-state index in [-0.39, 0.29) is 0 Å². The van der Waals surface area contributed by atoms with Crippen molar-refractivity contribution >= 4 is 5.82 Å². The van der Waals surface area contributed by atoms with Gasteiger partial charge in [0.15, 0.2) is 0 Å². The first-order valence-corrected chi connectivity index (χ1v) is 6.17. The third kappa shape index (κ3) is 2.73. The second-order valence-corrected chi connectivity index (χ2v) is 4.60. The fraction of sp³-hybridized carbons (Fsp3) is 0.615. The van der Waals surface area contributed by atoms with E-state index in [1.54, 1.807) is 0 Å². The van der Waals surface area contributed by atoms with Crippen LogP contribution in [0.5, 0.6) is 0 Å². The van der Waals surface area contributed by atoms with Crippen LogP contribution in [0.15, 0.2) is 18.3 Å². The molecule has 1 unspecified atom stereocenters. The summed E-state index contributed by atoms with van der Waals surface area (Å²) >= 11 is 0. The Morgan fingerprint density at radius 3 is 3.12 bits per heavy atom. The molecule has 1 N–H and O–H groups in total. The van der Waals surface area contributed by atoms with Gasteiger partial charge in [-0.05, 0) is 44.0 Å². The van der Waals surface area contributed by atoms with Crippen LogP contribution in [0, 0.1) is 12.8 Å². The van der Waals surface area contributed by atoms with Crippen molar-refractivity contribution in [3.05, 3.63) is 23.9 Å². The maximum Gasteiger partial charge on any atom is 0.128 e. The van der Waals surface area contributed by atoms with Gasteiger partial charge in [0.1, 0.15) is 5.82 Å². The van der Waals surface area contributed by atoms with Crippen molar-refractivity contribution in [2.45, 2.75) is 20.3 Å². The SMILES string of the molecule is CCN1CCC(CNc2ncccc2C)C1. The quantitative estimate of drug-likeness (QED) is 0.841. The molecule has 3 nitrogen and oxygen atoms in total. The molecular weight excluding hydrogens is 198 g/mol. The van der Waals surface area contributed by atoms with Gasteiger partial charge in [-0.1, -0.05) is 13.0 Å². The van der Waals surface area contributed by atoms with Crippen LogP contribution in [0.25, 0.3) is 0 Å². The molecule has 0 bridgehead atoms. The smallest absolute Gasteiger partial charge is 0.128 e. The lowest BCUT2D eigenvalue weighted by molar-refractivity contribution is 0.345. The van der Waals surface area contributed by atoms with Crippen molar-refractivity contribution in [3.63, 3.8) is 0 Å². The molecule has 0 radical (unpaired) electrons. The first kappa shape index (κ1) is 11.4. The van der Waals surface area contributed by atoms with E-state index in [2.05, 4.69) is 35.1 Å². The number of pyridine rings is 1. The van der Waals surface area contributed by atoms with Gasteiger partial charge in [-0.2, -0.15) is 0 Å². The fourth-order valence-corrected chi connectivity index (χ4v) is 2.28. The zero-order chi connectivity index (χ0) is 11.4. The Morgan fingerprint density at radius 1 is 1.56 bits per heavy atom. The van der Waals surface area contributed by atoms with Crippen LogP contribution in [0.4, 0.5) is 5.82 Å². The lowest BCUT2D eigenvalue weighted by atomic mass is 10.1. The zero-order valence-corrected chi connectivity index (χ0v) is 10.2. The van der Waals surface area contributed by atoms with Crippen LogP contribution < -0.4 is 5.32 Å². The van der Waals surface area contributed by atoms with E-state index in [9.17, 15) is 0 Å². The van der Waals surface area contributed by atoms with E-state index in [4.69, 9.17) is 0 Å². The van der Waals surface area contributed by atoms with Gasteiger partial charge >= 0.3 is 0 Å². The Bertz CT molecular complexity index is 338. The first-order chi connectivity index (χ1) is 7.79. The molecule has 1 aromatic heterocycles. The summed E-state index contributed by atoms with van der Waals surface area (Å²) in [6.45, 7) is 9.05. The number of aryl methyl sites for hydroxylation is 1. The van der Waals surface area contributed by atoms with Crippen LogP contribution >= 0.6 is 0 Å². The second-order valence-electron chi connectivity index (χ2n) is 4.60. The van der Waals surface area contributed by atoms with Gasteiger partial charge in [0.25, 0.3) is 0 Å². The largest absolute Gasteiger partial charge is 0.370 e. The van der Waals surface area contributed by atoms with E-state index < -0.39 is 0 Å². The fourth-order valence-electron chi connectivity index (χ4n) is 2.28. The van der Waals surface area contributed by atoms with Crippen molar-refractivity contribution in [2.75, 3.05) is 31.5 Å². The summed E-state index contributed by atoms with van der Waals surface area (Å²) in [5, 5.41) is 3.46. The minimum atomic E-state index is 0.779. The van der Waals surface area contributed by atoms with Gasteiger partial charge in [-0.15, -0.1) is 0 Å². The summed E-state index contributed by atoms with van der Waals surface area (Å²) in [6, 6.07) is 4.08. The average Bonchev–Trinajstić information content (AvgIpc) is 2.76. The van der Waals surface area contributed by atoms with E-state index in [0.29, 0.717) is 0 Å². The molecule has 1 fully saturated rings. The summed E-state index contributed by atoms with van der Waals surface area (Å²) in [5.41, 5.74) is 1.23. The maximum absolute atomic E-state index is 4.35. The third-order valence-electron chi connectivity index (χ3n) is 3.38. The maximum atomic E-state index is 4.35. The average molecular weight is 219 g/mol. The number of aromatic nitrogens is 1. The highest BCUT2D eigenvalue weighted by atomic mass is 15.1. The molecule has 88 valence electrons. The number of rotatable bonds is 4. The highest BCUT2D eigenvalue weighted by molar-refractivity contribution is 5.42. The molecule has 0 amide bonds. The minimum Gasteiger partial charge on any atom is -0.370 e. The number of nitrogens with zero attached hydrogens (tertiary/aromatic N) is 2. The molecule has 2 heterocycles. The van der Waals surface area contributed by atoms with E-state index in [1.807, 2.05) is 12.3 Å². The zero-order valence-electron chi connectivity index (χ0n) is 10.2. The molecule has 0 saturated carbocycles. The summed E-state index contributed by atoms with van der Waals surface area (Å²) < 4.78 is 0. The third-order valence-corrected chi connectivity index (χ3v) is 3.38. The Kier molecular flexibility index (Phi) is 3.78. The monoisotopic (exact) mass is 219 g/mol. The van der Waals surface area contributed by atoms with Crippen molar-refractivity contribution in [2.24, 2.45) is 5.92 Å². The molecule has 2 rings (SSSR count). The molecule has 16 heavy (non-hydrogen) atoms.